The maximum atomic E-state index is 12.9. The molecule has 0 bridgehead atoms. The minimum absolute atomic E-state index is 0.107. The van der Waals surface area contributed by atoms with Crippen LogP contribution in [0.4, 0.5) is 0 Å². The predicted octanol–water partition coefficient (Wildman–Crippen LogP) is 3.12. The SMILES string of the molecule is CC(=O)Oc1c(C(=O)N2CCOCC2)sc(-c2ccccc2)c1C. The maximum Gasteiger partial charge on any atom is 0.308 e. The van der Waals surface area contributed by atoms with Crippen LogP contribution in [0.5, 0.6) is 5.75 Å². The van der Waals surface area contributed by atoms with Gasteiger partial charge in [0.25, 0.3) is 5.91 Å². The molecular weight excluding hydrogens is 326 g/mol. The molecular formula is C18H19NO4S. The molecule has 1 saturated heterocycles. The Morgan fingerprint density at radius 1 is 1.17 bits per heavy atom. The average Bonchev–Trinajstić information content (AvgIpc) is 2.92. The van der Waals surface area contributed by atoms with E-state index in [1.807, 2.05) is 37.3 Å². The van der Waals surface area contributed by atoms with Crippen LogP contribution in [-0.2, 0) is 9.53 Å². The Morgan fingerprint density at radius 3 is 2.46 bits per heavy atom. The molecule has 0 spiro atoms. The molecule has 1 aliphatic heterocycles. The van der Waals surface area contributed by atoms with Crippen LogP contribution in [0.25, 0.3) is 10.4 Å². The van der Waals surface area contributed by atoms with Gasteiger partial charge < -0.3 is 14.4 Å². The zero-order valence-corrected chi connectivity index (χ0v) is 14.5. The molecule has 1 aliphatic rings. The van der Waals surface area contributed by atoms with Gasteiger partial charge in [0.1, 0.15) is 4.88 Å². The van der Waals surface area contributed by atoms with Gasteiger partial charge in [-0.05, 0) is 12.5 Å². The number of hydrogen-bond acceptors (Lipinski definition) is 5. The van der Waals surface area contributed by atoms with Crippen LogP contribution < -0.4 is 4.74 Å². The first-order valence-corrected chi connectivity index (χ1v) is 8.64. The molecule has 126 valence electrons. The molecule has 1 aromatic carbocycles. The number of morpholine rings is 1. The Balaban J connectivity index is 2.03. The van der Waals surface area contributed by atoms with E-state index in [2.05, 4.69) is 0 Å². The highest BCUT2D eigenvalue weighted by Gasteiger charge is 2.28. The van der Waals surface area contributed by atoms with Crippen molar-refractivity contribution in [3.8, 4) is 16.2 Å². The van der Waals surface area contributed by atoms with Crippen molar-refractivity contribution in [2.45, 2.75) is 13.8 Å². The fourth-order valence-corrected chi connectivity index (χ4v) is 3.89. The highest BCUT2D eigenvalue weighted by Crippen LogP contribution is 2.42. The van der Waals surface area contributed by atoms with Gasteiger partial charge in [0.15, 0.2) is 5.75 Å². The Hall–Kier alpha value is -2.18. The molecule has 0 atom stereocenters. The smallest absolute Gasteiger partial charge is 0.308 e. The molecule has 1 amide bonds. The first kappa shape index (κ1) is 16.7. The normalized spacial score (nSPS) is 14.5. The van der Waals surface area contributed by atoms with Crippen molar-refractivity contribution >= 4 is 23.2 Å². The fraction of sp³-hybridized carbons (Fsp3) is 0.333. The molecule has 0 N–H and O–H groups in total. The molecule has 6 heteroatoms. The zero-order valence-electron chi connectivity index (χ0n) is 13.7. The lowest BCUT2D eigenvalue weighted by Crippen LogP contribution is -2.40. The molecule has 2 aromatic rings. The van der Waals surface area contributed by atoms with Crippen molar-refractivity contribution in [1.29, 1.82) is 0 Å². The molecule has 5 nitrogen and oxygen atoms in total. The number of benzene rings is 1. The monoisotopic (exact) mass is 345 g/mol. The predicted molar refractivity (Wildman–Crippen MR) is 92.5 cm³/mol. The second-order valence-corrected chi connectivity index (χ2v) is 6.60. The van der Waals surface area contributed by atoms with E-state index in [4.69, 9.17) is 9.47 Å². The molecule has 1 aromatic heterocycles. The quantitative estimate of drug-likeness (QED) is 0.802. The van der Waals surface area contributed by atoms with Gasteiger partial charge in [-0.15, -0.1) is 11.3 Å². The minimum Gasteiger partial charge on any atom is -0.425 e. The van der Waals surface area contributed by atoms with E-state index in [-0.39, 0.29) is 5.91 Å². The first-order chi connectivity index (χ1) is 11.6. The summed E-state index contributed by atoms with van der Waals surface area (Å²) in [6, 6.07) is 9.81. The van der Waals surface area contributed by atoms with Gasteiger partial charge in [-0.2, -0.15) is 0 Å². The van der Waals surface area contributed by atoms with E-state index >= 15 is 0 Å². The molecule has 1 fully saturated rings. The van der Waals surface area contributed by atoms with Crippen LogP contribution in [0.2, 0.25) is 0 Å². The van der Waals surface area contributed by atoms with Crippen LogP contribution in [0.1, 0.15) is 22.2 Å². The van der Waals surface area contributed by atoms with E-state index in [1.54, 1.807) is 4.90 Å². The Kier molecular flexibility index (Phi) is 4.97. The molecule has 3 rings (SSSR count). The number of carbonyl (C=O) groups excluding carboxylic acids is 2. The molecule has 0 aliphatic carbocycles. The highest BCUT2D eigenvalue weighted by atomic mass is 32.1. The van der Waals surface area contributed by atoms with Crippen LogP contribution in [0.15, 0.2) is 30.3 Å². The summed E-state index contributed by atoms with van der Waals surface area (Å²) in [7, 11) is 0. The number of hydrogen-bond donors (Lipinski definition) is 0. The summed E-state index contributed by atoms with van der Waals surface area (Å²) in [6.45, 7) is 5.40. The molecule has 0 unspecified atom stereocenters. The van der Waals surface area contributed by atoms with Crippen molar-refractivity contribution in [2.24, 2.45) is 0 Å². The van der Waals surface area contributed by atoms with Gasteiger partial charge in [-0.1, -0.05) is 30.3 Å². The van der Waals surface area contributed by atoms with Gasteiger partial charge in [0.2, 0.25) is 0 Å². The van der Waals surface area contributed by atoms with Crippen LogP contribution in [-0.4, -0.2) is 43.1 Å². The Morgan fingerprint density at radius 2 is 1.83 bits per heavy atom. The van der Waals surface area contributed by atoms with Gasteiger partial charge in [0.05, 0.1) is 13.2 Å². The van der Waals surface area contributed by atoms with Crippen molar-refractivity contribution in [2.75, 3.05) is 26.3 Å². The zero-order chi connectivity index (χ0) is 17.1. The van der Waals surface area contributed by atoms with Crippen LogP contribution in [0.3, 0.4) is 0 Å². The largest absolute Gasteiger partial charge is 0.425 e. The second-order valence-electron chi connectivity index (χ2n) is 5.58. The van der Waals surface area contributed by atoms with Gasteiger partial charge in [-0.25, -0.2) is 0 Å². The average molecular weight is 345 g/mol. The van der Waals surface area contributed by atoms with E-state index in [9.17, 15) is 9.59 Å². The first-order valence-electron chi connectivity index (χ1n) is 7.82. The summed E-state index contributed by atoms with van der Waals surface area (Å²) in [6.07, 6.45) is 0. The van der Waals surface area contributed by atoms with Crippen molar-refractivity contribution in [1.82, 2.24) is 4.90 Å². The van der Waals surface area contributed by atoms with Crippen LogP contribution in [0, 0.1) is 6.92 Å². The topological polar surface area (TPSA) is 55.8 Å². The van der Waals surface area contributed by atoms with E-state index in [0.29, 0.717) is 36.9 Å². The Labute approximate surface area is 144 Å². The maximum absolute atomic E-state index is 12.9. The number of nitrogens with zero attached hydrogens (tertiary/aromatic N) is 1. The summed E-state index contributed by atoms with van der Waals surface area (Å²) >= 11 is 1.37. The van der Waals surface area contributed by atoms with Gasteiger partial charge >= 0.3 is 5.97 Å². The third-order valence-electron chi connectivity index (χ3n) is 3.87. The number of thiophene rings is 1. The summed E-state index contributed by atoms with van der Waals surface area (Å²) < 4.78 is 10.7. The lowest BCUT2D eigenvalue weighted by Gasteiger charge is -2.26. The number of ether oxygens (including phenoxy) is 2. The number of esters is 1. The summed E-state index contributed by atoms with van der Waals surface area (Å²) in [5.74, 6) is -0.154. The molecule has 24 heavy (non-hydrogen) atoms. The number of rotatable bonds is 3. The third-order valence-corrected chi connectivity index (χ3v) is 5.18. The van der Waals surface area contributed by atoms with Gasteiger partial charge in [0, 0.05) is 30.5 Å². The van der Waals surface area contributed by atoms with Crippen LogP contribution >= 0.6 is 11.3 Å². The van der Waals surface area contributed by atoms with E-state index in [1.165, 1.54) is 18.3 Å². The van der Waals surface area contributed by atoms with Crippen molar-refractivity contribution < 1.29 is 19.1 Å². The molecule has 2 heterocycles. The highest BCUT2D eigenvalue weighted by molar-refractivity contribution is 7.18. The summed E-state index contributed by atoms with van der Waals surface area (Å²) in [4.78, 5) is 27.6. The summed E-state index contributed by atoms with van der Waals surface area (Å²) in [5, 5.41) is 0. The standard InChI is InChI=1S/C18H19NO4S/c1-12-15(23-13(2)20)17(18(21)19-8-10-22-11-9-19)24-16(12)14-6-4-3-5-7-14/h3-7H,8-11H2,1-2H3. The lowest BCUT2D eigenvalue weighted by atomic mass is 10.1. The van der Waals surface area contributed by atoms with E-state index in [0.717, 1.165) is 16.0 Å². The summed E-state index contributed by atoms with van der Waals surface area (Å²) in [5.41, 5.74) is 1.83. The van der Waals surface area contributed by atoms with Crippen molar-refractivity contribution in [3.63, 3.8) is 0 Å². The van der Waals surface area contributed by atoms with E-state index < -0.39 is 5.97 Å². The number of amides is 1. The fourth-order valence-electron chi connectivity index (χ4n) is 2.68. The second kappa shape index (κ2) is 7.15. The molecule has 0 radical (unpaired) electrons. The number of carbonyl (C=O) groups is 2. The third kappa shape index (κ3) is 3.34. The minimum atomic E-state index is -0.425. The Bertz CT molecular complexity index is 748. The van der Waals surface area contributed by atoms with Crippen molar-refractivity contribution in [3.05, 3.63) is 40.8 Å². The van der Waals surface area contributed by atoms with Gasteiger partial charge in [-0.3, -0.25) is 9.59 Å². The lowest BCUT2D eigenvalue weighted by molar-refractivity contribution is -0.131. The molecule has 0 saturated carbocycles.